The largest absolute Gasteiger partial charge is 0.446 e. The van der Waals surface area contributed by atoms with E-state index < -0.39 is 35.8 Å². The third kappa shape index (κ3) is 8.97. The lowest BCUT2D eigenvalue weighted by molar-refractivity contribution is -0.136. The Labute approximate surface area is 343 Å². The van der Waals surface area contributed by atoms with E-state index >= 15 is 0 Å². The van der Waals surface area contributed by atoms with Crippen molar-refractivity contribution < 1.29 is 33.5 Å². The van der Waals surface area contributed by atoms with Crippen LogP contribution < -0.4 is 25.8 Å². The molecule has 4 N–H and O–H groups in total. The van der Waals surface area contributed by atoms with E-state index in [1.54, 1.807) is 12.1 Å². The van der Waals surface area contributed by atoms with Gasteiger partial charge in [-0.2, -0.15) is 5.10 Å². The zero-order chi connectivity index (χ0) is 41.2. The molecule has 4 fully saturated rings. The van der Waals surface area contributed by atoms with Crippen LogP contribution >= 0.6 is 0 Å². The van der Waals surface area contributed by atoms with E-state index in [2.05, 4.69) is 40.8 Å². The normalized spacial score (nSPS) is 23.0. The minimum atomic E-state index is -0.976. The van der Waals surface area contributed by atoms with Gasteiger partial charge in [-0.3, -0.25) is 39.3 Å². The van der Waals surface area contributed by atoms with Gasteiger partial charge in [0, 0.05) is 86.3 Å². The number of anilines is 3. The Kier molecular flexibility index (Phi) is 11.7. The van der Waals surface area contributed by atoms with Crippen LogP contribution in [0.1, 0.15) is 108 Å². The summed E-state index contributed by atoms with van der Waals surface area (Å²) in [6.07, 6.45) is 5.18. The van der Waals surface area contributed by atoms with Crippen LogP contribution in [0, 0.1) is 5.92 Å². The average Bonchev–Trinajstić information content (AvgIpc) is 3.89. The Bertz CT molecular complexity index is 2090. The fourth-order valence-corrected chi connectivity index (χ4v) is 9.18. The zero-order valence-corrected chi connectivity index (χ0v) is 33.7. The van der Waals surface area contributed by atoms with Crippen LogP contribution in [0.15, 0.2) is 48.5 Å². The molecule has 3 aromatic rings. The number of rotatable bonds is 10. The van der Waals surface area contributed by atoms with Gasteiger partial charge in [-0.15, -0.1) is 0 Å². The molecule has 1 saturated carbocycles. The molecule has 4 aliphatic heterocycles. The molecule has 1 aliphatic carbocycles. The first-order valence-corrected chi connectivity index (χ1v) is 21.0. The van der Waals surface area contributed by atoms with Gasteiger partial charge in [0.15, 0.2) is 5.82 Å². The van der Waals surface area contributed by atoms with Crippen molar-refractivity contribution in [3.63, 3.8) is 0 Å². The van der Waals surface area contributed by atoms with Crippen LogP contribution in [-0.4, -0.2) is 120 Å². The highest BCUT2D eigenvalue weighted by atomic mass is 16.6. The van der Waals surface area contributed by atoms with Gasteiger partial charge in [-0.25, -0.2) is 4.79 Å². The molecule has 1 aromatic heterocycles. The van der Waals surface area contributed by atoms with Gasteiger partial charge in [-0.05, 0) is 114 Å². The first-order chi connectivity index (χ1) is 28.5. The van der Waals surface area contributed by atoms with E-state index in [9.17, 15) is 28.8 Å². The molecule has 8 rings (SSSR count). The number of carbonyl (C=O) groups excluding carboxylic acids is 6. The highest BCUT2D eigenvalue weighted by Crippen LogP contribution is 2.36. The third-order valence-electron chi connectivity index (χ3n) is 12.3. The number of H-pyrrole nitrogens is 1. The molecule has 16 heteroatoms. The van der Waals surface area contributed by atoms with E-state index in [0.717, 1.165) is 99.9 Å². The van der Waals surface area contributed by atoms with Gasteiger partial charge in [-0.1, -0.05) is 0 Å². The van der Waals surface area contributed by atoms with E-state index in [0.29, 0.717) is 34.8 Å². The number of aromatic amines is 1. The summed E-state index contributed by atoms with van der Waals surface area (Å²) < 4.78 is 5.56. The number of nitrogens with zero attached hydrogens (tertiary/aromatic N) is 5. The summed E-state index contributed by atoms with van der Waals surface area (Å²) in [4.78, 5) is 84.0. The summed E-state index contributed by atoms with van der Waals surface area (Å²) in [5.41, 5.74) is 4.07. The molecular weight excluding hydrogens is 755 g/mol. The highest BCUT2D eigenvalue weighted by Gasteiger charge is 2.45. The second-order valence-electron chi connectivity index (χ2n) is 16.8. The van der Waals surface area contributed by atoms with Crippen molar-refractivity contribution in [3.05, 3.63) is 70.9 Å². The summed E-state index contributed by atoms with van der Waals surface area (Å²) in [6.45, 7) is 10.2. The van der Waals surface area contributed by atoms with E-state index in [-0.39, 0.29) is 36.8 Å². The van der Waals surface area contributed by atoms with E-state index in [1.165, 1.54) is 0 Å². The highest BCUT2D eigenvalue weighted by molar-refractivity contribution is 6.23. The maximum atomic E-state index is 13.4. The van der Waals surface area contributed by atoms with Crippen molar-refractivity contribution in [2.75, 3.05) is 60.9 Å². The first kappa shape index (κ1) is 40.0. The molecule has 0 radical (unpaired) electrons. The number of ether oxygens (including phenoxy) is 1. The topological polar surface area (TPSA) is 189 Å². The van der Waals surface area contributed by atoms with Gasteiger partial charge in [0.2, 0.25) is 11.8 Å². The van der Waals surface area contributed by atoms with Gasteiger partial charge in [0.05, 0.1) is 11.1 Å². The van der Waals surface area contributed by atoms with E-state index in [1.807, 2.05) is 50.2 Å². The van der Waals surface area contributed by atoms with Crippen molar-refractivity contribution in [2.45, 2.75) is 89.3 Å². The van der Waals surface area contributed by atoms with Crippen molar-refractivity contribution in [1.29, 1.82) is 0 Å². The van der Waals surface area contributed by atoms with Crippen LogP contribution in [0.5, 0.6) is 0 Å². The lowest BCUT2D eigenvalue weighted by atomic mass is 9.95. The number of alkyl carbamates (subject to hydrolysis) is 1. The smallest absolute Gasteiger partial charge is 0.407 e. The molecule has 59 heavy (non-hydrogen) atoms. The van der Waals surface area contributed by atoms with Gasteiger partial charge in [0.25, 0.3) is 17.7 Å². The number of carbonyl (C=O) groups is 6. The molecule has 0 bridgehead atoms. The number of imide groups is 2. The first-order valence-electron chi connectivity index (χ1n) is 21.0. The quantitative estimate of drug-likeness (QED) is 0.214. The second-order valence-corrected chi connectivity index (χ2v) is 16.8. The molecule has 1 unspecified atom stereocenters. The standard InChI is InChI=1S/C43H53N9O7/c1-26(2)44-43(58)59-32-10-6-29(22-32)35-24-37(48-47-35)45-39(54)28-4-7-30(8-5-28)51-18-14-27(15-19-51)25-49-16-3-17-50(21-20-49)31-9-11-33-34(23-31)42(57)52(41(33)56)36-12-13-38(53)46-40(36)55/h4-5,7-9,11,23-24,26-27,29,32,36H,3,6,10,12-22,25H2,1-2H3,(H,44,58)(H,46,53,55)(H2,45,47,48,54)/t29-,32+,36?/m1/s1. The molecule has 3 saturated heterocycles. The number of amides is 6. The summed E-state index contributed by atoms with van der Waals surface area (Å²) >= 11 is 0. The van der Waals surface area contributed by atoms with Crippen molar-refractivity contribution in [2.24, 2.45) is 5.92 Å². The fourth-order valence-electron chi connectivity index (χ4n) is 9.18. The summed E-state index contributed by atoms with van der Waals surface area (Å²) in [6, 6.07) is 14.0. The zero-order valence-electron chi connectivity index (χ0n) is 33.7. The predicted octanol–water partition coefficient (Wildman–Crippen LogP) is 4.26. The number of hydrogen-bond acceptors (Lipinski definition) is 11. The van der Waals surface area contributed by atoms with Crippen LogP contribution in [0.3, 0.4) is 0 Å². The van der Waals surface area contributed by atoms with Crippen molar-refractivity contribution >= 4 is 52.8 Å². The van der Waals surface area contributed by atoms with Crippen LogP contribution in [-0.2, 0) is 14.3 Å². The molecule has 0 spiro atoms. The number of nitrogens with one attached hydrogen (secondary N) is 4. The Morgan fingerprint density at radius 2 is 1.58 bits per heavy atom. The molecule has 16 nitrogen and oxygen atoms in total. The molecule has 5 heterocycles. The molecule has 312 valence electrons. The summed E-state index contributed by atoms with van der Waals surface area (Å²) in [5.74, 6) is -0.974. The predicted molar refractivity (Wildman–Crippen MR) is 219 cm³/mol. The third-order valence-corrected chi connectivity index (χ3v) is 12.3. The van der Waals surface area contributed by atoms with Gasteiger partial charge < -0.3 is 30.1 Å². The molecule has 3 atom stereocenters. The Balaban J connectivity index is 0.775. The minimum absolute atomic E-state index is 0.0216. The average molecular weight is 808 g/mol. The Hall–Kier alpha value is -5.77. The number of aromatic nitrogens is 2. The Morgan fingerprint density at radius 1 is 0.831 bits per heavy atom. The number of piperidine rings is 2. The fraction of sp³-hybridized carbons (Fsp3) is 0.512. The molecule has 5 aliphatic rings. The summed E-state index contributed by atoms with van der Waals surface area (Å²) in [7, 11) is 0. The lowest BCUT2D eigenvalue weighted by Crippen LogP contribution is -2.54. The maximum Gasteiger partial charge on any atom is 0.407 e. The number of hydrogen-bond donors (Lipinski definition) is 4. The van der Waals surface area contributed by atoms with Crippen molar-refractivity contribution in [3.8, 4) is 0 Å². The van der Waals surface area contributed by atoms with Gasteiger partial charge >= 0.3 is 6.09 Å². The van der Waals surface area contributed by atoms with Gasteiger partial charge in [0.1, 0.15) is 12.1 Å². The summed E-state index contributed by atoms with van der Waals surface area (Å²) in [5, 5.41) is 15.3. The molecular formula is C43H53N9O7. The van der Waals surface area contributed by atoms with Crippen LogP contribution in [0.25, 0.3) is 0 Å². The Morgan fingerprint density at radius 3 is 2.34 bits per heavy atom. The molecule has 2 aromatic carbocycles. The van der Waals surface area contributed by atoms with Crippen LogP contribution in [0.4, 0.5) is 22.0 Å². The SMILES string of the molecule is CC(C)NC(=O)O[C@H]1CC[C@@H](c2cc(NC(=O)c3ccc(N4CCC(CN5CCCN(c6ccc7c(c6)C(=O)N(C6CCC(=O)NC6=O)C7=O)CC5)CC4)cc3)n[nH]2)C1. The second kappa shape index (κ2) is 17.2. The number of fused-ring (bicyclic) bond motifs is 1. The number of benzene rings is 2. The van der Waals surface area contributed by atoms with Crippen molar-refractivity contribution in [1.82, 2.24) is 30.6 Å². The monoisotopic (exact) mass is 807 g/mol. The lowest BCUT2D eigenvalue weighted by Gasteiger charge is -2.36. The molecule has 6 amide bonds. The van der Waals surface area contributed by atoms with Crippen LogP contribution in [0.2, 0.25) is 0 Å². The maximum absolute atomic E-state index is 13.4. The van der Waals surface area contributed by atoms with E-state index in [4.69, 9.17) is 4.74 Å². The minimum Gasteiger partial charge on any atom is -0.446 e.